The number of para-hydroxylation sites is 2. The molecule has 0 N–H and O–H groups in total. The molecule has 3 aliphatic carbocycles. The first kappa shape index (κ1) is 27.1. The fourth-order valence-corrected chi connectivity index (χ4v) is 9.88. The number of nitrogens with zero attached hydrogens (tertiary/aromatic N) is 2. The lowest BCUT2D eigenvalue weighted by atomic mass is 9.64. The minimum absolute atomic E-state index is 0.00577. The Labute approximate surface area is 257 Å². The third-order valence-electron chi connectivity index (χ3n) is 13.3. The van der Waals surface area contributed by atoms with Gasteiger partial charge < -0.3 is 0 Å². The lowest BCUT2D eigenvalue weighted by Crippen LogP contribution is -2.34. The molecular weight excluding hydrogens is 520 g/mol. The van der Waals surface area contributed by atoms with Crippen LogP contribution in [0.5, 0.6) is 0 Å². The van der Waals surface area contributed by atoms with Crippen molar-refractivity contribution in [3.05, 3.63) is 95.1 Å². The number of hydrogen-bond donors (Lipinski definition) is 0. The molecule has 218 valence electrons. The highest BCUT2D eigenvalue weighted by Crippen LogP contribution is 2.70. The Morgan fingerprint density at radius 1 is 0.628 bits per heavy atom. The number of fused-ring (bicyclic) bond motifs is 10. The topological polar surface area (TPSA) is 25.8 Å². The van der Waals surface area contributed by atoms with E-state index in [4.69, 9.17) is 9.97 Å². The molecule has 43 heavy (non-hydrogen) atoms. The van der Waals surface area contributed by atoms with E-state index in [9.17, 15) is 0 Å². The predicted molar refractivity (Wildman–Crippen MR) is 181 cm³/mol. The summed E-state index contributed by atoms with van der Waals surface area (Å²) >= 11 is 0. The highest BCUT2D eigenvalue weighted by molar-refractivity contribution is 5.92. The van der Waals surface area contributed by atoms with Crippen molar-refractivity contribution in [1.29, 1.82) is 0 Å². The van der Waals surface area contributed by atoms with Crippen molar-refractivity contribution in [1.82, 2.24) is 9.97 Å². The highest BCUT2D eigenvalue weighted by Gasteiger charge is 2.61. The molecular formula is C41H44N2. The quantitative estimate of drug-likeness (QED) is 0.218. The Balaban J connectivity index is 1.34. The van der Waals surface area contributed by atoms with Gasteiger partial charge in [0, 0.05) is 27.3 Å². The summed E-state index contributed by atoms with van der Waals surface area (Å²) in [6.45, 7) is 19.6. The molecule has 0 aliphatic heterocycles. The summed E-state index contributed by atoms with van der Waals surface area (Å²) in [5, 5.41) is 2.68. The molecule has 8 rings (SSSR count). The van der Waals surface area contributed by atoms with Crippen LogP contribution in [0.4, 0.5) is 0 Å². The summed E-state index contributed by atoms with van der Waals surface area (Å²) < 4.78 is 0. The van der Waals surface area contributed by atoms with E-state index < -0.39 is 0 Å². The Morgan fingerprint density at radius 2 is 1.14 bits per heavy atom. The van der Waals surface area contributed by atoms with Crippen LogP contribution in [0.3, 0.4) is 0 Å². The first-order valence-corrected chi connectivity index (χ1v) is 16.4. The molecule has 0 radical (unpaired) electrons. The second-order valence-corrected chi connectivity index (χ2v) is 15.6. The van der Waals surface area contributed by atoms with Gasteiger partial charge in [-0.2, -0.15) is 0 Å². The molecule has 2 nitrogen and oxygen atoms in total. The maximum absolute atomic E-state index is 5.40. The van der Waals surface area contributed by atoms with E-state index in [0.29, 0.717) is 11.8 Å². The molecule has 0 spiro atoms. The third kappa shape index (κ3) is 3.20. The number of benzene rings is 3. The minimum atomic E-state index is -0.00577. The van der Waals surface area contributed by atoms with E-state index in [-0.39, 0.29) is 21.7 Å². The summed E-state index contributed by atoms with van der Waals surface area (Å²) in [7, 11) is 0. The fraction of sp³-hybridized carbons (Fsp3) is 0.415. The van der Waals surface area contributed by atoms with Gasteiger partial charge >= 0.3 is 0 Å². The van der Waals surface area contributed by atoms with Gasteiger partial charge in [0.05, 0.1) is 22.4 Å². The van der Waals surface area contributed by atoms with Gasteiger partial charge in [0.1, 0.15) is 0 Å². The molecule has 3 unspecified atom stereocenters. The van der Waals surface area contributed by atoms with Crippen LogP contribution in [0.1, 0.15) is 109 Å². The summed E-state index contributed by atoms with van der Waals surface area (Å²) in [6.07, 6.45) is 3.64. The van der Waals surface area contributed by atoms with Gasteiger partial charge in [-0.3, -0.25) is 0 Å². The normalized spacial score (nSPS) is 25.8. The highest BCUT2D eigenvalue weighted by atomic mass is 14.8. The summed E-state index contributed by atoms with van der Waals surface area (Å²) in [4.78, 5) is 10.8. The van der Waals surface area contributed by atoms with E-state index >= 15 is 0 Å². The molecule has 0 amide bonds. The van der Waals surface area contributed by atoms with E-state index in [2.05, 4.69) is 128 Å². The maximum atomic E-state index is 5.40. The SMILES string of the molecule is CCC1c2c(c(-c3ccc(-c4nc5ccccc5c5c4C4(C)CCC5C4(C)C)cc3)nc3ccccc23)C(C)(C)C1(C)C. The Kier molecular flexibility index (Phi) is 5.38. The molecule has 2 aromatic heterocycles. The minimum Gasteiger partial charge on any atom is -0.247 e. The first-order chi connectivity index (χ1) is 20.4. The molecule has 3 aromatic carbocycles. The first-order valence-electron chi connectivity index (χ1n) is 16.4. The van der Waals surface area contributed by atoms with Crippen LogP contribution in [-0.2, 0) is 10.8 Å². The third-order valence-corrected chi connectivity index (χ3v) is 13.3. The number of pyridine rings is 2. The summed E-state index contributed by atoms with van der Waals surface area (Å²) in [5.74, 6) is 1.08. The van der Waals surface area contributed by atoms with Gasteiger partial charge in [-0.25, -0.2) is 9.97 Å². The molecule has 0 saturated heterocycles. The number of aromatic nitrogens is 2. The standard InChI is InChI=1S/C41H44N2/c1-9-28-32-26-14-10-12-16-30(26)42-36(34(32)40(6,7)38(28,2)3)24-18-20-25(21-19-24)37-35-33(27-15-11-13-17-31(27)43-37)29-22-23-41(35,8)39(29,4)5/h10-21,28-29H,9,22-23H2,1-8H3. The Bertz CT molecular complexity index is 1960. The van der Waals surface area contributed by atoms with Crippen LogP contribution in [0.15, 0.2) is 72.8 Å². The van der Waals surface area contributed by atoms with Gasteiger partial charge in [0.15, 0.2) is 0 Å². The van der Waals surface area contributed by atoms with Gasteiger partial charge in [-0.15, -0.1) is 0 Å². The van der Waals surface area contributed by atoms with Crippen LogP contribution >= 0.6 is 0 Å². The van der Waals surface area contributed by atoms with Gasteiger partial charge in [-0.05, 0) is 81.7 Å². The molecule has 3 aliphatic rings. The van der Waals surface area contributed by atoms with Gasteiger partial charge in [0.2, 0.25) is 0 Å². The Morgan fingerprint density at radius 3 is 1.70 bits per heavy atom. The zero-order valence-electron chi connectivity index (χ0n) is 27.1. The molecule has 2 heteroatoms. The lowest BCUT2D eigenvalue weighted by Gasteiger charge is -2.40. The second kappa shape index (κ2) is 8.56. The average molecular weight is 565 g/mol. The molecule has 2 bridgehead atoms. The van der Waals surface area contributed by atoms with Crippen molar-refractivity contribution in [3.63, 3.8) is 0 Å². The number of rotatable bonds is 3. The van der Waals surface area contributed by atoms with Gasteiger partial charge in [-0.1, -0.05) is 116 Å². The second-order valence-electron chi connectivity index (χ2n) is 15.6. The van der Waals surface area contributed by atoms with Crippen molar-refractivity contribution in [2.24, 2.45) is 10.8 Å². The summed E-state index contributed by atoms with van der Waals surface area (Å²) in [6, 6.07) is 26.9. The lowest BCUT2D eigenvalue weighted by molar-refractivity contribution is 0.178. The zero-order valence-corrected chi connectivity index (χ0v) is 27.1. The predicted octanol–water partition coefficient (Wildman–Crippen LogP) is 11.1. The maximum Gasteiger partial charge on any atom is 0.0750 e. The van der Waals surface area contributed by atoms with Crippen molar-refractivity contribution >= 4 is 21.8 Å². The fourth-order valence-electron chi connectivity index (χ4n) is 9.88. The van der Waals surface area contributed by atoms with Crippen molar-refractivity contribution in [3.8, 4) is 22.5 Å². The van der Waals surface area contributed by atoms with Crippen molar-refractivity contribution < 1.29 is 0 Å². The average Bonchev–Trinajstić information content (AvgIpc) is 3.41. The smallest absolute Gasteiger partial charge is 0.0750 e. The van der Waals surface area contributed by atoms with E-state index in [0.717, 1.165) is 23.1 Å². The molecule has 2 heterocycles. The van der Waals surface area contributed by atoms with Crippen molar-refractivity contribution in [2.75, 3.05) is 0 Å². The molecule has 1 fully saturated rings. The van der Waals surface area contributed by atoms with Crippen LogP contribution in [0.25, 0.3) is 44.3 Å². The van der Waals surface area contributed by atoms with E-state index in [1.807, 2.05) is 0 Å². The zero-order chi connectivity index (χ0) is 30.1. The van der Waals surface area contributed by atoms with E-state index in [1.54, 1.807) is 5.56 Å². The monoisotopic (exact) mass is 564 g/mol. The van der Waals surface area contributed by atoms with Crippen LogP contribution in [0, 0.1) is 10.8 Å². The van der Waals surface area contributed by atoms with Crippen molar-refractivity contribution in [2.45, 2.75) is 97.3 Å². The van der Waals surface area contributed by atoms with Gasteiger partial charge in [0.25, 0.3) is 0 Å². The molecule has 1 saturated carbocycles. The Hall–Kier alpha value is -3.52. The molecule has 5 aromatic rings. The molecule has 3 atom stereocenters. The summed E-state index contributed by atoms with van der Waals surface area (Å²) in [5.41, 5.74) is 13.5. The number of hydrogen-bond acceptors (Lipinski definition) is 2. The van der Waals surface area contributed by atoms with Crippen LogP contribution < -0.4 is 0 Å². The largest absolute Gasteiger partial charge is 0.247 e. The van der Waals surface area contributed by atoms with Crippen LogP contribution in [-0.4, -0.2) is 9.97 Å². The van der Waals surface area contributed by atoms with Crippen LogP contribution in [0.2, 0.25) is 0 Å². The van der Waals surface area contributed by atoms with E-state index in [1.165, 1.54) is 57.1 Å².